The van der Waals surface area contributed by atoms with Crippen molar-refractivity contribution in [3.05, 3.63) is 35.3 Å². The summed E-state index contributed by atoms with van der Waals surface area (Å²) in [6, 6.07) is 4.75. The van der Waals surface area contributed by atoms with E-state index < -0.39 is 6.10 Å². The summed E-state index contributed by atoms with van der Waals surface area (Å²) in [5.74, 6) is -0.387. The molecular weight excluding hydrogens is 243 g/mol. The topological polar surface area (TPSA) is 59.1 Å². The molecule has 3 rings (SSSR count). The smallest absolute Gasteiger partial charge is 0.134 e. The third-order valence-electron chi connectivity index (χ3n) is 3.84. The number of aliphatic hydroxyl groups is 1. The fourth-order valence-corrected chi connectivity index (χ4v) is 3.03. The lowest BCUT2D eigenvalue weighted by atomic mass is 9.74. The van der Waals surface area contributed by atoms with Crippen LogP contribution in [-0.2, 0) is 6.42 Å². The summed E-state index contributed by atoms with van der Waals surface area (Å²) in [7, 11) is 0. The van der Waals surface area contributed by atoms with E-state index in [1.807, 2.05) is 0 Å². The molecule has 3 N–H and O–H groups in total. The van der Waals surface area contributed by atoms with E-state index in [2.05, 4.69) is 18.8 Å². The zero-order valence-electron chi connectivity index (χ0n) is 11.1. The summed E-state index contributed by atoms with van der Waals surface area (Å²) >= 11 is 0. The van der Waals surface area contributed by atoms with E-state index in [-0.39, 0.29) is 11.2 Å². The molecule has 0 radical (unpaired) electrons. The van der Waals surface area contributed by atoms with Gasteiger partial charge in [0.1, 0.15) is 5.82 Å². The third kappa shape index (κ3) is 1.87. The van der Waals surface area contributed by atoms with Crippen molar-refractivity contribution in [2.24, 2.45) is 5.41 Å². The monoisotopic (exact) mass is 260 g/mol. The first-order chi connectivity index (χ1) is 8.89. The van der Waals surface area contributed by atoms with Crippen molar-refractivity contribution < 1.29 is 9.50 Å². The highest BCUT2D eigenvalue weighted by Gasteiger charge is 2.34. The lowest BCUT2D eigenvalue weighted by Crippen LogP contribution is -2.27. The van der Waals surface area contributed by atoms with Gasteiger partial charge in [-0.15, -0.1) is 0 Å². The second-order valence-corrected chi connectivity index (χ2v) is 6.08. The first-order valence-corrected chi connectivity index (χ1v) is 6.43. The van der Waals surface area contributed by atoms with Crippen LogP contribution in [0.2, 0.25) is 0 Å². The average molecular weight is 260 g/mol. The molecule has 1 aliphatic carbocycles. The number of rotatable bonds is 0. The molecule has 0 saturated heterocycles. The molecule has 0 amide bonds. The highest BCUT2D eigenvalue weighted by atomic mass is 19.1. The number of halogens is 1. The van der Waals surface area contributed by atoms with Gasteiger partial charge >= 0.3 is 0 Å². The molecule has 0 aliphatic heterocycles. The maximum atomic E-state index is 13.9. The predicted molar refractivity (Wildman–Crippen MR) is 73.2 cm³/mol. The second-order valence-electron chi connectivity index (χ2n) is 6.08. The van der Waals surface area contributed by atoms with E-state index >= 15 is 0 Å². The van der Waals surface area contributed by atoms with Crippen molar-refractivity contribution in [1.82, 2.24) is 4.98 Å². The van der Waals surface area contributed by atoms with Crippen LogP contribution in [0.15, 0.2) is 18.2 Å². The maximum Gasteiger partial charge on any atom is 0.134 e. The van der Waals surface area contributed by atoms with Gasteiger partial charge in [-0.1, -0.05) is 19.9 Å². The minimum absolute atomic E-state index is 0.0210. The largest absolute Gasteiger partial charge is 0.398 e. The van der Waals surface area contributed by atoms with Crippen molar-refractivity contribution >= 4 is 16.6 Å². The van der Waals surface area contributed by atoms with Crippen LogP contribution in [0.25, 0.3) is 10.9 Å². The summed E-state index contributed by atoms with van der Waals surface area (Å²) in [5, 5.41) is 10.6. The highest BCUT2D eigenvalue weighted by molar-refractivity contribution is 5.93. The molecule has 0 saturated carbocycles. The number of anilines is 1. The molecule has 1 aromatic heterocycles. The molecule has 0 fully saturated rings. The van der Waals surface area contributed by atoms with E-state index in [9.17, 15) is 9.50 Å². The van der Waals surface area contributed by atoms with E-state index in [1.54, 1.807) is 12.1 Å². The third-order valence-corrected chi connectivity index (χ3v) is 3.84. The SMILES string of the molecule is CC1(C)Cc2nc3cccc(F)c3c(N)c2C(O)C1. The Morgan fingerprint density at radius 1 is 1.42 bits per heavy atom. The lowest BCUT2D eigenvalue weighted by Gasteiger charge is -2.34. The number of pyridine rings is 1. The number of aliphatic hydroxyl groups excluding tert-OH is 1. The summed E-state index contributed by atoms with van der Waals surface area (Å²) in [4.78, 5) is 4.50. The number of benzene rings is 1. The van der Waals surface area contributed by atoms with Gasteiger partial charge < -0.3 is 10.8 Å². The first kappa shape index (κ1) is 12.4. The van der Waals surface area contributed by atoms with Crippen LogP contribution in [0.5, 0.6) is 0 Å². The number of hydrogen-bond acceptors (Lipinski definition) is 3. The Kier molecular flexibility index (Phi) is 2.54. The van der Waals surface area contributed by atoms with Crippen molar-refractivity contribution in [1.29, 1.82) is 0 Å². The van der Waals surface area contributed by atoms with E-state index in [0.717, 1.165) is 12.1 Å². The number of aromatic nitrogens is 1. The van der Waals surface area contributed by atoms with Crippen molar-refractivity contribution in [2.75, 3.05) is 5.73 Å². The number of hydrogen-bond donors (Lipinski definition) is 2. The van der Waals surface area contributed by atoms with Crippen molar-refractivity contribution in [3.8, 4) is 0 Å². The minimum atomic E-state index is -0.671. The summed E-state index contributed by atoms with van der Waals surface area (Å²) < 4.78 is 13.9. The van der Waals surface area contributed by atoms with Crippen LogP contribution in [-0.4, -0.2) is 10.1 Å². The molecule has 4 heteroatoms. The van der Waals surface area contributed by atoms with E-state index in [0.29, 0.717) is 28.6 Å². The Bertz CT molecular complexity index is 667. The molecule has 100 valence electrons. The zero-order valence-corrected chi connectivity index (χ0v) is 11.1. The molecule has 2 aromatic rings. The standard InChI is InChI=1S/C15H17FN2O/c1-15(2)6-10-13(11(19)7-15)14(17)12-8(16)4-3-5-9(12)18-10/h3-5,11,19H,6-7H2,1-2H3,(H2,17,18). The van der Waals surface area contributed by atoms with Crippen LogP contribution in [0.3, 0.4) is 0 Å². The molecule has 1 atom stereocenters. The Morgan fingerprint density at radius 3 is 2.89 bits per heavy atom. The highest BCUT2D eigenvalue weighted by Crippen LogP contribution is 2.44. The van der Waals surface area contributed by atoms with Crippen LogP contribution in [0.4, 0.5) is 10.1 Å². The Balaban J connectivity index is 2.34. The molecule has 19 heavy (non-hydrogen) atoms. The van der Waals surface area contributed by atoms with Crippen LogP contribution >= 0.6 is 0 Å². The van der Waals surface area contributed by atoms with Gasteiger partial charge in [0.2, 0.25) is 0 Å². The first-order valence-electron chi connectivity index (χ1n) is 6.43. The molecular formula is C15H17FN2O. The van der Waals surface area contributed by atoms with Gasteiger partial charge in [-0.25, -0.2) is 4.39 Å². The molecule has 0 spiro atoms. The van der Waals surface area contributed by atoms with Gasteiger partial charge in [-0.2, -0.15) is 0 Å². The van der Waals surface area contributed by atoms with E-state index in [4.69, 9.17) is 5.73 Å². The maximum absolute atomic E-state index is 13.9. The van der Waals surface area contributed by atoms with Gasteiger partial charge in [0, 0.05) is 11.3 Å². The van der Waals surface area contributed by atoms with Crippen LogP contribution < -0.4 is 5.73 Å². The summed E-state index contributed by atoms with van der Waals surface area (Å²) in [6.07, 6.45) is 0.692. The second kappa shape index (κ2) is 3.90. The lowest BCUT2D eigenvalue weighted by molar-refractivity contribution is 0.0992. The number of nitrogen functional groups attached to an aromatic ring is 1. The fraction of sp³-hybridized carbons (Fsp3) is 0.400. The van der Waals surface area contributed by atoms with Crippen molar-refractivity contribution in [3.63, 3.8) is 0 Å². The quantitative estimate of drug-likeness (QED) is 0.765. The number of nitrogens with two attached hydrogens (primary N) is 1. The van der Waals surface area contributed by atoms with Gasteiger partial charge in [0.15, 0.2) is 0 Å². The van der Waals surface area contributed by atoms with E-state index in [1.165, 1.54) is 6.07 Å². The van der Waals surface area contributed by atoms with Gasteiger partial charge in [0.05, 0.1) is 22.7 Å². The average Bonchev–Trinajstić information content (AvgIpc) is 2.25. The zero-order chi connectivity index (χ0) is 13.8. The summed E-state index contributed by atoms with van der Waals surface area (Å²) in [6.45, 7) is 4.18. The molecule has 3 nitrogen and oxygen atoms in total. The number of fused-ring (bicyclic) bond motifs is 2. The predicted octanol–water partition coefficient (Wildman–Crippen LogP) is 2.96. The number of nitrogens with zero attached hydrogens (tertiary/aromatic N) is 1. The molecule has 1 aliphatic rings. The molecule has 1 heterocycles. The van der Waals surface area contributed by atoms with Gasteiger partial charge in [-0.05, 0) is 30.4 Å². The minimum Gasteiger partial charge on any atom is -0.398 e. The van der Waals surface area contributed by atoms with Crippen molar-refractivity contribution in [2.45, 2.75) is 32.8 Å². The Morgan fingerprint density at radius 2 is 2.16 bits per heavy atom. The van der Waals surface area contributed by atoms with Crippen LogP contribution in [0.1, 0.15) is 37.6 Å². The van der Waals surface area contributed by atoms with Gasteiger partial charge in [0.25, 0.3) is 0 Å². The molecule has 1 unspecified atom stereocenters. The molecule has 1 aromatic carbocycles. The Labute approximate surface area is 111 Å². The molecule has 0 bridgehead atoms. The van der Waals surface area contributed by atoms with Crippen LogP contribution in [0, 0.1) is 11.2 Å². The van der Waals surface area contributed by atoms with Gasteiger partial charge in [-0.3, -0.25) is 4.98 Å². The fourth-order valence-electron chi connectivity index (χ4n) is 3.03. The Hall–Kier alpha value is -1.68. The normalized spacial score (nSPS) is 21.4. The summed E-state index contributed by atoms with van der Waals surface area (Å²) in [5.41, 5.74) is 8.35.